The van der Waals surface area contributed by atoms with Crippen molar-refractivity contribution >= 4 is 27.7 Å². The Balaban J connectivity index is 2.50. The van der Waals surface area contributed by atoms with Crippen molar-refractivity contribution in [3.8, 4) is 0 Å². The molecule has 0 aliphatic heterocycles. The van der Waals surface area contributed by atoms with Crippen LogP contribution in [0.1, 0.15) is 25.8 Å². The lowest BCUT2D eigenvalue weighted by Gasteiger charge is -2.10. The summed E-state index contributed by atoms with van der Waals surface area (Å²) in [5, 5.41) is 11.4. The van der Waals surface area contributed by atoms with Crippen LogP contribution in [0.2, 0.25) is 0 Å². The molecule has 1 unspecified atom stereocenters. The Morgan fingerprint density at radius 1 is 1.72 bits per heavy atom. The molecule has 0 saturated heterocycles. The van der Waals surface area contributed by atoms with Crippen LogP contribution < -0.4 is 0 Å². The van der Waals surface area contributed by atoms with Crippen LogP contribution in [0.5, 0.6) is 0 Å². The highest BCUT2D eigenvalue weighted by Gasteiger charge is 2.20. The van der Waals surface area contributed by atoms with E-state index in [1.165, 1.54) is 17.1 Å². The van der Waals surface area contributed by atoms with Gasteiger partial charge in [-0.2, -0.15) is 0 Å². The summed E-state index contributed by atoms with van der Waals surface area (Å²) in [5.74, 6) is -0.414. The molecule has 1 heterocycles. The zero-order valence-electron chi connectivity index (χ0n) is 9.91. The third-order valence-electron chi connectivity index (χ3n) is 2.31. The van der Waals surface area contributed by atoms with Crippen LogP contribution in [0.3, 0.4) is 0 Å². The minimum Gasteiger partial charge on any atom is -0.461 e. The lowest BCUT2D eigenvalue weighted by molar-refractivity contribution is -0.392. The summed E-state index contributed by atoms with van der Waals surface area (Å²) in [6, 6.07) is -0.319. The highest BCUT2D eigenvalue weighted by molar-refractivity contribution is 9.09. The minimum atomic E-state index is -0.518. The first-order chi connectivity index (χ1) is 8.56. The highest BCUT2D eigenvalue weighted by atomic mass is 79.9. The van der Waals surface area contributed by atoms with E-state index in [9.17, 15) is 14.9 Å². The van der Waals surface area contributed by atoms with Crippen molar-refractivity contribution in [3.05, 3.63) is 22.6 Å². The molecule has 100 valence electrons. The molecule has 1 atom stereocenters. The lowest BCUT2D eigenvalue weighted by Crippen LogP contribution is -2.16. The second kappa shape index (κ2) is 7.10. The SMILES string of the molecule is CC(COC(=O)CCCBr)n1cncc1[N+](=O)[O-]. The van der Waals surface area contributed by atoms with Gasteiger partial charge in [0, 0.05) is 11.8 Å². The van der Waals surface area contributed by atoms with Gasteiger partial charge in [-0.3, -0.25) is 4.79 Å². The number of ether oxygens (including phenoxy) is 1. The predicted molar refractivity (Wildman–Crippen MR) is 67.6 cm³/mol. The Morgan fingerprint density at radius 3 is 3.06 bits per heavy atom. The number of rotatable bonds is 7. The average Bonchev–Trinajstić information content (AvgIpc) is 2.82. The van der Waals surface area contributed by atoms with Crippen molar-refractivity contribution in [2.45, 2.75) is 25.8 Å². The fourth-order valence-electron chi connectivity index (χ4n) is 1.36. The zero-order valence-corrected chi connectivity index (χ0v) is 11.5. The third-order valence-corrected chi connectivity index (χ3v) is 2.87. The van der Waals surface area contributed by atoms with Crippen LogP contribution in [-0.2, 0) is 9.53 Å². The van der Waals surface area contributed by atoms with Gasteiger partial charge >= 0.3 is 11.8 Å². The number of carbonyl (C=O) groups excluding carboxylic acids is 1. The van der Waals surface area contributed by atoms with E-state index in [0.29, 0.717) is 12.8 Å². The van der Waals surface area contributed by atoms with E-state index < -0.39 is 4.92 Å². The van der Waals surface area contributed by atoms with Crippen molar-refractivity contribution in [1.29, 1.82) is 0 Å². The fraction of sp³-hybridized carbons (Fsp3) is 0.600. The Labute approximate surface area is 112 Å². The van der Waals surface area contributed by atoms with Gasteiger partial charge in [0.2, 0.25) is 0 Å². The van der Waals surface area contributed by atoms with E-state index in [2.05, 4.69) is 20.9 Å². The van der Waals surface area contributed by atoms with Gasteiger partial charge < -0.3 is 14.9 Å². The average molecular weight is 320 g/mol. The van der Waals surface area contributed by atoms with Gasteiger partial charge in [-0.1, -0.05) is 15.9 Å². The molecule has 1 aromatic heterocycles. The molecule has 0 spiro atoms. The third kappa shape index (κ3) is 4.10. The van der Waals surface area contributed by atoms with Crippen LogP contribution in [-0.4, -0.2) is 32.4 Å². The number of esters is 1. The molecule has 0 saturated carbocycles. The monoisotopic (exact) mass is 319 g/mol. The Morgan fingerprint density at radius 2 is 2.44 bits per heavy atom. The maximum atomic E-state index is 11.3. The largest absolute Gasteiger partial charge is 0.461 e. The molecule has 0 aromatic carbocycles. The van der Waals surface area contributed by atoms with Gasteiger partial charge in [0.05, 0.1) is 0 Å². The Kier molecular flexibility index (Phi) is 5.76. The van der Waals surface area contributed by atoms with Gasteiger partial charge in [-0.15, -0.1) is 0 Å². The molecule has 0 aliphatic rings. The number of halogens is 1. The molecule has 0 amide bonds. The molecular formula is C10H14BrN3O4. The predicted octanol–water partition coefficient (Wildman–Crippen LogP) is 2.07. The normalized spacial score (nSPS) is 12.1. The maximum Gasteiger partial charge on any atom is 0.342 e. The highest BCUT2D eigenvalue weighted by Crippen LogP contribution is 2.17. The number of nitro groups is 1. The smallest absolute Gasteiger partial charge is 0.342 e. The summed E-state index contributed by atoms with van der Waals surface area (Å²) in [6.45, 7) is 1.82. The second-order valence-corrected chi connectivity index (χ2v) is 4.53. The first kappa shape index (κ1) is 14.6. The maximum absolute atomic E-state index is 11.3. The van der Waals surface area contributed by atoms with Crippen molar-refractivity contribution in [2.75, 3.05) is 11.9 Å². The molecule has 0 radical (unpaired) electrons. The first-order valence-electron chi connectivity index (χ1n) is 5.44. The summed E-state index contributed by atoms with van der Waals surface area (Å²) in [6.07, 6.45) is 3.57. The number of alkyl halides is 1. The first-order valence-corrected chi connectivity index (χ1v) is 6.56. The number of carbonyl (C=O) groups is 1. The van der Waals surface area contributed by atoms with Crippen molar-refractivity contribution in [3.63, 3.8) is 0 Å². The summed E-state index contributed by atoms with van der Waals surface area (Å²) in [5.41, 5.74) is 0. The van der Waals surface area contributed by atoms with Crippen LogP contribution >= 0.6 is 15.9 Å². The molecule has 7 nitrogen and oxygen atoms in total. The number of hydrogen-bond acceptors (Lipinski definition) is 5. The number of aromatic nitrogens is 2. The van der Waals surface area contributed by atoms with Gasteiger partial charge in [0.15, 0.2) is 6.33 Å². The Hall–Kier alpha value is -1.44. The van der Waals surface area contributed by atoms with Crippen LogP contribution in [0.4, 0.5) is 5.82 Å². The molecule has 18 heavy (non-hydrogen) atoms. The topological polar surface area (TPSA) is 87.3 Å². The molecule has 8 heteroatoms. The minimum absolute atomic E-state index is 0.0956. The van der Waals surface area contributed by atoms with Gasteiger partial charge in [0.1, 0.15) is 18.8 Å². The van der Waals surface area contributed by atoms with Crippen LogP contribution in [0.25, 0.3) is 0 Å². The number of imidazole rings is 1. The lowest BCUT2D eigenvalue weighted by atomic mass is 10.3. The van der Waals surface area contributed by atoms with Crippen LogP contribution in [0, 0.1) is 10.1 Å². The summed E-state index contributed by atoms with van der Waals surface area (Å²) in [7, 11) is 0. The van der Waals surface area contributed by atoms with E-state index in [0.717, 1.165) is 5.33 Å². The van der Waals surface area contributed by atoms with E-state index in [1.807, 2.05) is 0 Å². The number of nitrogens with zero attached hydrogens (tertiary/aromatic N) is 3. The van der Waals surface area contributed by atoms with Crippen LogP contribution in [0.15, 0.2) is 12.5 Å². The van der Waals surface area contributed by atoms with Gasteiger partial charge in [-0.25, -0.2) is 9.55 Å². The molecule has 0 aliphatic carbocycles. The fourth-order valence-corrected chi connectivity index (χ4v) is 1.64. The standard InChI is InChI=1S/C10H14BrN3O4/c1-8(6-18-10(15)3-2-4-11)13-7-12-5-9(13)14(16)17/h5,7-8H,2-4,6H2,1H3. The second-order valence-electron chi connectivity index (χ2n) is 3.74. The molecule has 1 rings (SSSR count). The molecule has 1 aromatic rings. The number of hydrogen-bond donors (Lipinski definition) is 0. The molecule has 0 N–H and O–H groups in total. The van der Waals surface area contributed by atoms with Crippen molar-refractivity contribution in [1.82, 2.24) is 9.55 Å². The van der Waals surface area contributed by atoms with E-state index >= 15 is 0 Å². The van der Waals surface area contributed by atoms with Crippen molar-refractivity contribution < 1.29 is 14.5 Å². The zero-order chi connectivity index (χ0) is 13.5. The van der Waals surface area contributed by atoms with E-state index in [-0.39, 0.29) is 24.4 Å². The van der Waals surface area contributed by atoms with Gasteiger partial charge in [-0.05, 0) is 18.3 Å². The molecular weight excluding hydrogens is 306 g/mol. The quantitative estimate of drug-likeness (QED) is 0.332. The summed E-state index contributed by atoms with van der Waals surface area (Å²) in [4.78, 5) is 25.2. The van der Waals surface area contributed by atoms with Crippen molar-refractivity contribution in [2.24, 2.45) is 0 Å². The molecule has 0 bridgehead atoms. The van der Waals surface area contributed by atoms with E-state index in [1.54, 1.807) is 6.92 Å². The Bertz CT molecular complexity index is 421. The summed E-state index contributed by atoms with van der Waals surface area (Å²) >= 11 is 3.22. The van der Waals surface area contributed by atoms with E-state index in [4.69, 9.17) is 4.74 Å². The summed E-state index contributed by atoms with van der Waals surface area (Å²) < 4.78 is 6.41. The molecule has 0 fully saturated rings. The van der Waals surface area contributed by atoms with Gasteiger partial charge in [0.25, 0.3) is 0 Å².